The number of nitrogens with zero attached hydrogens (tertiary/aromatic N) is 2. The van der Waals surface area contributed by atoms with E-state index in [2.05, 4.69) is 31.2 Å². The van der Waals surface area contributed by atoms with E-state index >= 15 is 0 Å². The summed E-state index contributed by atoms with van der Waals surface area (Å²) in [5, 5.41) is 3.96. The second kappa shape index (κ2) is 4.76. The molecule has 0 amide bonds. The maximum atomic E-state index is 5.89. The number of rotatable bonds is 3. The molecule has 0 fully saturated rings. The van der Waals surface area contributed by atoms with Gasteiger partial charge in [0.05, 0.1) is 5.52 Å². The molecule has 0 radical (unpaired) electrons. The highest BCUT2D eigenvalue weighted by atomic mass is 79.9. The number of likely N-dealkylation sites (N-methyl/N-ethyl adjacent to an activating group) is 1. The molecule has 3 N–H and O–H groups in total. The van der Waals surface area contributed by atoms with Gasteiger partial charge in [0.25, 0.3) is 0 Å². The Morgan fingerprint density at radius 1 is 1.38 bits per heavy atom. The third kappa shape index (κ3) is 2.31. The largest absolute Gasteiger partial charge is 0.383 e. The topological polar surface area (TPSA) is 63.8 Å². The van der Waals surface area contributed by atoms with E-state index in [4.69, 9.17) is 5.73 Å². The summed E-state index contributed by atoms with van der Waals surface area (Å²) in [6, 6.07) is 5.82. The van der Waals surface area contributed by atoms with Crippen molar-refractivity contribution in [3.05, 3.63) is 28.5 Å². The quantitative estimate of drug-likeness (QED) is 0.899. The van der Waals surface area contributed by atoms with Gasteiger partial charge in [0.2, 0.25) is 0 Å². The smallest absolute Gasteiger partial charge is 0.135 e. The number of fused-ring (bicyclic) bond motifs is 1. The molecule has 0 atom stereocenters. The van der Waals surface area contributed by atoms with E-state index in [1.165, 1.54) is 0 Å². The van der Waals surface area contributed by atoms with Gasteiger partial charge in [-0.25, -0.2) is 9.97 Å². The second-order valence-electron chi connectivity index (χ2n) is 3.54. The van der Waals surface area contributed by atoms with Crippen LogP contribution in [-0.4, -0.2) is 23.6 Å². The molecular weight excluding hydrogens is 268 g/mol. The van der Waals surface area contributed by atoms with Gasteiger partial charge in [-0.15, -0.1) is 0 Å². The lowest BCUT2D eigenvalue weighted by molar-refractivity contribution is 0.760. The van der Waals surface area contributed by atoms with E-state index in [0.29, 0.717) is 5.82 Å². The first-order valence-electron chi connectivity index (χ1n) is 5.07. The van der Waals surface area contributed by atoms with Crippen molar-refractivity contribution in [1.82, 2.24) is 15.3 Å². The lowest BCUT2D eigenvalue weighted by Gasteiger charge is -2.05. The standard InChI is InChI=1S/C11H13BrN4/c1-14-5-4-10-15-9-6-7(12)2-3-8(9)11(13)16-10/h2-3,6,14H,4-5H2,1H3,(H2,13,15,16). The molecular formula is C11H13BrN4. The average Bonchev–Trinajstić information content (AvgIpc) is 2.25. The minimum atomic E-state index is 0.545. The number of aromatic nitrogens is 2. The normalized spacial score (nSPS) is 10.9. The Balaban J connectivity index is 2.47. The van der Waals surface area contributed by atoms with Gasteiger partial charge in [0, 0.05) is 22.8 Å². The third-order valence-corrected chi connectivity index (χ3v) is 2.83. The monoisotopic (exact) mass is 280 g/mol. The molecule has 0 saturated carbocycles. The molecule has 0 aliphatic rings. The summed E-state index contributed by atoms with van der Waals surface area (Å²) >= 11 is 3.42. The fourth-order valence-electron chi connectivity index (χ4n) is 1.53. The number of hydrogen-bond acceptors (Lipinski definition) is 4. The van der Waals surface area contributed by atoms with Crippen molar-refractivity contribution >= 4 is 32.7 Å². The first kappa shape index (κ1) is 11.3. The number of benzene rings is 1. The van der Waals surface area contributed by atoms with Crippen LogP contribution < -0.4 is 11.1 Å². The Hall–Kier alpha value is -1.20. The van der Waals surface area contributed by atoms with Gasteiger partial charge in [-0.1, -0.05) is 15.9 Å². The van der Waals surface area contributed by atoms with Crippen LogP contribution >= 0.6 is 15.9 Å². The summed E-state index contributed by atoms with van der Waals surface area (Å²) in [6.45, 7) is 0.846. The van der Waals surface area contributed by atoms with Crippen molar-refractivity contribution in [2.75, 3.05) is 19.3 Å². The average molecular weight is 281 g/mol. The molecule has 2 aromatic rings. The van der Waals surface area contributed by atoms with E-state index in [0.717, 1.165) is 34.2 Å². The molecule has 0 saturated heterocycles. The van der Waals surface area contributed by atoms with Crippen LogP contribution in [0.5, 0.6) is 0 Å². The molecule has 0 unspecified atom stereocenters. The zero-order valence-electron chi connectivity index (χ0n) is 9.00. The lowest BCUT2D eigenvalue weighted by atomic mass is 10.2. The Morgan fingerprint density at radius 3 is 2.94 bits per heavy atom. The molecule has 0 spiro atoms. The van der Waals surface area contributed by atoms with Crippen molar-refractivity contribution < 1.29 is 0 Å². The molecule has 16 heavy (non-hydrogen) atoms. The van der Waals surface area contributed by atoms with Gasteiger partial charge in [0.1, 0.15) is 11.6 Å². The number of anilines is 1. The van der Waals surface area contributed by atoms with Crippen LogP contribution in [0.15, 0.2) is 22.7 Å². The number of nitrogen functional groups attached to an aromatic ring is 1. The summed E-state index contributed by atoms with van der Waals surface area (Å²) in [5.74, 6) is 1.32. The van der Waals surface area contributed by atoms with Crippen LogP contribution in [0.25, 0.3) is 10.9 Å². The zero-order valence-corrected chi connectivity index (χ0v) is 10.6. The molecule has 0 aliphatic heterocycles. The first-order valence-corrected chi connectivity index (χ1v) is 5.86. The summed E-state index contributed by atoms with van der Waals surface area (Å²) in [7, 11) is 1.90. The highest BCUT2D eigenvalue weighted by Crippen LogP contribution is 2.21. The Labute approximate surface area is 102 Å². The van der Waals surface area contributed by atoms with Gasteiger partial charge >= 0.3 is 0 Å². The lowest BCUT2D eigenvalue weighted by Crippen LogP contribution is -2.13. The van der Waals surface area contributed by atoms with Crippen LogP contribution in [0.3, 0.4) is 0 Å². The Kier molecular flexibility index (Phi) is 3.36. The fourth-order valence-corrected chi connectivity index (χ4v) is 1.87. The van der Waals surface area contributed by atoms with E-state index in [-0.39, 0.29) is 0 Å². The third-order valence-electron chi connectivity index (χ3n) is 2.33. The fraction of sp³-hybridized carbons (Fsp3) is 0.273. The summed E-state index contributed by atoms with van der Waals surface area (Å²) in [6.07, 6.45) is 0.781. The first-order chi connectivity index (χ1) is 7.70. The highest BCUT2D eigenvalue weighted by Gasteiger charge is 2.05. The van der Waals surface area contributed by atoms with Gasteiger partial charge < -0.3 is 11.1 Å². The van der Waals surface area contributed by atoms with Gasteiger partial charge in [-0.05, 0) is 25.2 Å². The SMILES string of the molecule is CNCCc1nc(N)c2ccc(Br)cc2n1. The number of nitrogens with two attached hydrogens (primary N) is 1. The molecule has 5 heteroatoms. The van der Waals surface area contributed by atoms with Crippen LogP contribution in [0.1, 0.15) is 5.82 Å². The second-order valence-corrected chi connectivity index (χ2v) is 4.46. The molecule has 1 aromatic carbocycles. The van der Waals surface area contributed by atoms with Gasteiger partial charge in [-0.2, -0.15) is 0 Å². The Morgan fingerprint density at radius 2 is 2.19 bits per heavy atom. The van der Waals surface area contributed by atoms with Gasteiger partial charge in [0.15, 0.2) is 0 Å². The van der Waals surface area contributed by atoms with Crippen molar-refractivity contribution in [1.29, 1.82) is 0 Å². The number of nitrogens with one attached hydrogen (secondary N) is 1. The van der Waals surface area contributed by atoms with E-state index in [9.17, 15) is 0 Å². The predicted molar refractivity (Wildman–Crippen MR) is 69.3 cm³/mol. The summed E-state index contributed by atoms with van der Waals surface area (Å²) < 4.78 is 0.998. The maximum absolute atomic E-state index is 5.89. The predicted octanol–water partition coefficient (Wildman–Crippen LogP) is 1.74. The van der Waals surface area contributed by atoms with Crippen molar-refractivity contribution in [2.45, 2.75) is 6.42 Å². The van der Waals surface area contributed by atoms with E-state index in [1.54, 1.807) is 0 Å². The molecule has 2 rings (SSSR count). The molecule has 1 heterocycles. The molecule has 0 bridgehead atoms. The number of hydrogen-bond donors (Lipinski definition) is 2. The van der Waals surface area contributed by atoms with Crippen LogP contribution in [0.2, 0.25) is 0 Å². The van der Waals surface area contributed by atoms with Crippen molar-refractivity contribution in [3.8, 4) is 0 Å². The molecule has 84 valence electrons. The maximum Gasteiger partial charge on any atom is 0.135 e. The van der Waals surface area contributed by atoms with Crippen LogP contribution in [0.4, 0.5) is 5.82 Å². The molecule has 0 aliphatic carbocycles. The van der Waals surface area contributed by atoms with Crippen LogP contribution in [-0.2, 0) is 6.42 Å². The minimum Gasteiger partial charge on any atom is -0.383 e. The van der Waals surface area contributed by atoms with E-state index in [1.807, 2.05) is 25.2 Å². The minimum absolute atomic E-state index is 0.545. The zero-order chi connectivity index (χ0) is 11.5. The summed E-state index contributed by atoms with van der Waals surface area (Å²) in [5.41, 5.74) is 6.77. The molecule has 1 aromatic heterocycles. The van der Waals surface area contributed by atoms with Gasteiger partial charge in [-0.3, -0.25) is 0 Å². The van der Waals surface area contributed by atoms with Crippen molar-refractivity contribution in [2.24, 2.45) is 0 Å². The summed E-state index contributed by atoms with van der Waals surface area (Å²) in [4.78, 5) is 8.75. The Bertz CT molecular complexity index is 513. The number of halogens is 1. The van der Waals surface area contributed by atoms with Crippen LogP contribution in [0, 0.1) is 0 Å². The van der Waals surface area contributed by atoms with Crippen molar-refractivity contribution in [3.63, 3.8) is 0 Å². The molecule has 4 nitrogen and oxygen atoms in total. The van der Waals surface area contributed by atoms with E-state index < -0.39 is 0 Å². The highest BCUT2D eigenvalue weighted by molar-refractivity contribution is 9.10.